The molecule has 92 valence electrons. The standard InChI is InChI=1S/C14H13ClN2S/c1-9-3-4-12(11(7-9)8-16)17-10(2)13-5-6-14(15)18-13/h3-7,10,17H,1-2H3. The van der Waals surface area contributed by atoms with Crippen LogP contribution in [0.3, 0.4) is 0 Å². The SMILES string of the molecule is Cc1ccc(NC(C)c2ccc(Cl)s2)c(C#N)c1. The van der Waals surface area contributed by atoms with Gasteiger partial charge < -0.3 is 5.32 Å². The summed E-state index contributed by atoms with van der Waals surface area (Å²) in [6.45, 7) is 4.04. The van der Waals surface area contributed by atoms with Gasteiger partial charge in [0.1, 0.15) is 6.07 Å². The highest BCUT2D eigenvalue weighted by Crippen LogP contribution is 2.29. The summed E-state index contributed by atoms with van der Waals surface area (Å²) in [4.78, 5) is 1.16. The molecule has 0 aliphatic heterocycles. The number of nitriles is 1. The highest BCUT2D eigenvalue weighted by atomic mass is 35.5. The number of hydrogen-bond acceptors (Lipinski definition) is 3. The van der Waals surface area contributed by atoms with E-state index in [1.54, 1.807) is 11.3 Å². The maximum atomic E-state index is 9.12. The number of halogens is 1. The van der Waals surface area contributed by atoms with Crippen molar-refractivity contribution in [2.45, 2.75) is 19.9 Å². The van der Waals surface area contributed by atoms with Gasteiger partial charge in [-0.05, 0) is 43.7 Å². The van der Waals surface area contributed by atoms with Crippen LogP contribution in [0.2, 0.25) is 4.34 Å². The Morgan fingerprint density at radius 1 is 1.33 bits per heavy atom. The molecule has 4 heteroatoms. The first kappa shape index (κ1) is 12.9. The van der Waals surface area contributed by atoms with E-state index in [0.717, 1.165) is 20.5 Å². The van der Waals surface area contributed by atoms with E-state index in [2.05, 4.69) is 18.3 Å². The van der Waals surface area contributed by atoms with Crippen molar-refractivity contribution < 1.29 is 0 Å². The highest BCUT2D eigenvalue weighted by molar-refractivity contribution is 7.16. The van der Waals surface area contributed by atoms with E-state index in [-0.39, 0.29) is 6.04 Å². The molecule has 0 spiro atoms. The van der Waals surface area contributed by atoms with Crippen molar-refractivity contribution in [1.82, 2.24) is 0 Å². The van der Waals surface area contributed by atoms with Crippen molar-refractivity contribution in [1.29, 1.82) is 5.26 Å². The van der Waals surface area contributed by atoms with Gasteiger partial charge in [-0.1, -0.05) is 17.7 Å². The predicted molar refractivity (Wildman–Crippen MR) is 77.3 cm³/mol. The summed E-state index contributed by atoms with van der Waals surface area (Å²) in [6.07, 6.45) is 0. The van der Waals surface area contributed by atoms with Crippen LogP contribution in [0.4, 0.5) is 5.69 Å². The lowest BCUT2D eigenvalue weighted by molar-refractivity contribution is 0.907. The molecule has 1 heterocycles. The lowest BCUT2D eigenvalue weighted by atomic mass is 10.1. The molecule has 2 rings (SSSR count). The van der Waals surface area contributed by atoms with Gasteiger partial charge in [-0.25, -0.2) is 0 Å². The number of anilines is 1. The van der Waals surface area contributed by atoms with Gasteiger partial charge in [0.2, 0.25) is 0 Å². The molecule has 0 saturated carbocycles. The average molecular weight is 277 g/mol. The van der Waals surface area contributed by atoms with Crippen LogP contribution in [-0.4, -0.2) is 0 Å². The zero-order valence-electron chi connectivity index (χ0n) is 10.2. The summed E-state index contributed by atoms with van der Waals surface area (Å²) in [6, 6.07) is 12.1. The zero-order chi connectivity index (χ0) is 13.1. The minimum atomic E-state index is 0.136. The molecule has 1 unspecified atom stereocenters. The molecule has 0 saturated heterocycles. The smallest absolute Gasteiger partial charge is 0.101 e. The quantitative estimate of drug-likeness (QED) is 0.878. The Balaban J connectivity index is 2.22. The van der Waals surface area contributed by atoms with Crippen LogP contribution >= 0.6 is 22.9 Å². The normalized spacial score (nSPS) is 11.9. The molecule has 0 aliphatic carbocycles. The fourth-order valence-corrected chi connectivity index (χ4v) is 2.81. The van der Waals surface area contributed by atoms with Gasteiger partial charge in [0, 0.05) is 4.88 Å². The lowest BCUT2D eigenvalue weighted by Crippen LogP contribution is -2.06. The Kier molecular flexibility index (Phi) is 3.90. The maximum absolute atomic E-state index is 9.12. The maximum Gasteiger partial charge on any atom is 0.101 e. The van der Waals surface area contributed by atoms with Crippen LogP contribution in [0.15, 0.2) is 30.3 Å². The van der Waals surface area contributed by atoms with Crippen molar-refractivity contribution in [2.24, 2.45) is 0 Å². The molecule has 2 nitrogen and oxygen atoms in total. The topological polar surface area (TPSA) is 35.8 Å². The summed E-state index contributed by atoms with van der Waals surface area (Å²) in [7, 11) is 0. The Bertz CT molecular complexity index is 598. The van der Waals surface area contributed by atoms with E-state index in [4.69, 9.17) is 16.9 Å². The van der Waals surface area contributed by atoms with E-state index in [1.807, 2.05) is 37.3 Å². The molecule has 1 aromatic heterocycles. The Morgan fingerprint density at radius 3 is 2.72 bits per heavy atom. The van der Waals surface area contributed by atoms with Crippen molar-refractivity contribution in [3.63, 3.8) is 0 Å². The van der Waals surface area contributed by atoms with E-state index >= 15 is 0 Å². The Hall–Kier alpha value is -1.50. The van der Waals surface area contributed by atoms with E-state index in [9.17, 15) is 0 Å². The minimum absolute atomic E-state index is 0.136. The second-order valence-corrected chi connectivity index (χ2v) is 5.92. The highest BCUT2D eigenvalue weighted by Gasteiger charge is 2.10. The summed E-state index contributed by atoms with van der Waals surface area (Å²) < 4.78 is 0.781. The molecule has 0 aliphatic rings. The van der Waals surface area contributed by atoms with Gasteiger partial charge in [0.05, 0.1) is 21.6 Å². The summed E-state index contributed by atoms with van der Waals surface area (Å²) in [5.74, 6) is 0. The Morgan fingerprint density at radius 2 is 2.11 bits per heavy atom. The molecule has 0 amide bonds. The Labute approximate surface area is 116 Å². The third-order valence-corrected chi connectivity index (χ3v) is 4.10. The summed E-state index contributed by atoms with van der Waals surface area (Å²) >= 11 is 7.48. The van der Waals surface area contributed by atoms with Crippen molar-refractivity contribution in [2.75, 3.05) is 5.32 Å². The van der Waals surface area contributed by atoms with Crippen LogP contribution < -0.4 is 5.32 Å². The number of benzene rings is 1. The zero-order valence-corrected chi connectivity index (χ0v) is 11.8. The monoisotopic (exact) mass is 276 g/mol. The number of rotatable bonds is 3. The first-order chi connectivity index (χ1) is 8.60. The van der Waals surface area contributed by atoms with Crippen molar-refractivity contribution in [3.05, 3.63) is 50.7 Å². The molecule has 1 aromatic carbocycles. The first-order valence-electron chi connectivity index (χ1n) is 5.62. The molecule has 1 N–H and O–H groups in total. The van der Waals surface area contributed by atoms with Crippen LogP contribution in [0.25, 0.3) is 0 Å². The van der Waals surface area contributed by atoms with Crippen LogP contribution in [0.1, 0.15) is 29.0 Å². The van der Waals surface area contributed by atoms with Gasteiger partial charge in [-0.3, -0.25) is 0 Å². The predicted octanol–water partition coefficient (Wildman–Crippen LogP) is 4.75. The second kappa shape index (κ2) is 5.43. The molecule has 2 aromatic rings. The molecule has 1 atom stereocenters. The number of nitrogens with zero attached hydrogens (tertiary/aromatic N) is 1. The average Bonchev–Trinajstić information content (AvgIpc) is 2.78. The fourth-order valence-electron chi connectivity index (χ4n) is 1.74. The van der Waals surface area contributed by atoms with Crippen molar-refractivity contribution in [3.8, 4) is 6.07 Å². The van der Waals surface area contributed by atoms with Gasteiger partial charge >= 0.3 is 0 Å². The summed E-state index contributed by atoms with van der Waals surface area (Å²) in [5.41, 5.74) is 2.62. The van der Waals surface area contributed by atoms with Gasteiger partial charge in [0.25, 0.3) is 0 Å². The molecule has 0 bridgehead atoms. The first-order valence-corrected chi connectivity index (χ1v) is 6.82. The van der Waals surface area contributed by atoms with Gasteiger partial charge in [0.15, 0.2) is 0 Å². The van der Waals surface area contributed by atoms with Crippen LogP contribution in [0.5, 0.6) is 0 Å². The van der Waals surface area contributed by atoms with E-state index < -0.39 is 0 Å². The van der Waals surface area contributed by atoms with Crippen molar-refractivity contribution >= 4 is 28.6 Å². The third-order valence-electron chi connectivity index (χ3n) is 2.69. The molecule has 0 fully saturated rings. The lowest BCUT2D eigenvalue weighted by Gasteiger charge is -2.15. The largest absolute Gasteiger partial charge is 0.377 e. The molecular weight excluding hydrogens is 264 g/mol. The minimum Gasteiger partial charge on any atom is -0.377 e. The van der Waals surface area contributed by atoms with E-state index in [1.165, 1.54) is 0 Å². The second-order valence-electron chi connectivity index (χ2n) is 4.17. The number of thiophene rings is 1. The van der Waals surface area contributed by atoms with E-state index in [0.29, 0.717) is 5.56 Å². The van der Waals surface area contributed by atoms with Crippen LogP contribution in [0, 0.1) is 18.3 Å². The third kappa shape index (κ3) is 2.84. The summed E-state index contributed by atoms with van der Waals surface area (Å²) in [5, 5.41) is 12.5. The number of hydrogen-bond donors (Lipinski definition) is 1. The van der Waals surface area contributed by atoms with Gasteiger partial charge in [-0.15, -0.1) is 11.3 Å². The molecule has 18 heavy (non-hydrogen) atoms. The number of aryl methyl sites for hydroxylation is 1. The molecule has 0 radical (unpaired) electrons. The van der Waals surface area contributed by atoms with Gasteiger partial charge in [-0.2, -0.15) is 5.26 Å². The number of nitrogens with one attached hydrogen (secondary N) is 1. The molecular formula is C14H13ClN2S. The fraction of sp³-hybridized carbons (Fsp3) is 0.214. The van der Waals surface area contributed by atoms with Crippen LogP contribution in [-0.2, 0) is 0 Å².